The van der Waals surface area contributed by atoms with Crippen LogP contribution in [-0.4, -0.2) is 22.0 Å². The molecule has 0 spiro atoms. The first-order valence-electron chi connectivity index (χ1n) is 5.06. The third-order valence-corrected chi connectivity index (χ3v) is 2.34. The van der Waals surface area contributed by atoms with Gasteiger partial charge in [-0.15, -0.1) is 0 Å². The van der Waals surface area contributed by atoms with Crippen molar-refractivity contribution in [1.29, 1.82) is 0 Å². The molecular weight excluding hydrogens is 222 g/mol. The highest BCUT2D eigenvalue weighted by Crippen LogP contribution is 2.23. The second-order valence-electron chi connectivity index (χ2n) is 3.69. The largest absolute Gasteiger partial charge is 0.508 e. The summed E-state index contributed by atoms with van der Waals surface area (Å²) >= 11 is 0. The maximum atomic E-state index is 11.3. The third-order valence-electron chi connectivity index (χ3n) is 2.34. The zero-order valence-corrected chi connectivity index (χ0v) is 9.19. The van der Waals surface area contributed by atoms with Crippen molar-refractivity contribution in [3.8, 4) is 5.75 Å². The second kappa shape index (κ2) is 4.29. The molecule has 0 radical (unpaired) electrons. The minimum absolute atomic E-state index is 0.0109. The molecular formula is C12H11NO4. The van der Waals surface area contributed by atoms with Crippen molar-refractivity contribution in [3.63, 3.8) is 0 Å². The molecule has 2 N–H and O–H groups in total. The van der Waals surface area contributed by atoms with Crippen LogP contribution >= 0.6 is 0 Å². The fraction of sp³-hybridized carbons (Fsp3) is 0.167. The van der Waals surface area contributed by atoms with E-state index < -0.39 is 11.9 Å². The molecule has 1 aromatic heterocycles. The summed E-state index contributed by atoms with van der Waals surface area (Å²) in [5, 5.41) is 10.1. The molecule has 0 saturated carbocycles. The van der Waals surface area contributed by atoms with Crippen LogP contribution in [0.3, 0.4) is 0 Å². The van der Waals surface area contributed by atoms with E-state index in [9.17, 15) is 14.7 Å². The van der Waals surface area contributed by atoms with Gasteiger partial charge in [-0.1, -0.05) is 0 Å². The molecule has 2 aromatic rings. The average Bonchev–Trinajstić information content (AvgIpc) is 2.60. The SMILES string of the molecule is CC(=O)OC(=O)Cc1c[nH]c2ccc(O)cc12. The molecule has 88 valence electrons. The lowest BCUT2D eigenvalue weighted by molar-refractivity contribution is -0.157. The van der Waals surface area contributed by atoms with Gasteiger partial charge < -0.3 is 14.8 Å². The Kier molecular flexibility index (Phi) is 2.82. The Morgan fingerprint density at radius 1 is 1.41 bits per heavy atom. The number of aromatic amines is 1. The number of phenols is 1. The molecule has 0 aliphatic rings. The number of esters is 2. The molecule has 0 atom stereocenters. The molecule has 1 aromatic carbocycles. The molecule has 1 heterocycles. The highest BCUT2D eigenvalue weighted by atomic mass is 16.6. The van der Waals surface area contributed by atoms with Crippen LogP contribution in [0.15, 0.2) is 24.4 Å². The van der Waals surface area contributed by atoms with Crippen LogP contribution in [0, 0.1) is 0 Å². The summed E-state index contributed by atoms with van der Waals surface area (Å²) in [5.74, 6) is -1.11. The monoisotopic (exact) mass is 233 g/mol. The number of phenolic OH excluding ortho intramolecular Hbond substituents is 1. The number of fused-ring (bicyclic) bond motifs is 1. The fourth-order valence-electron chi connectivity index (χ4n) is 1.66. The number of ether oxygens (including phenoxy) is 1. The van der Waals surface area contributed by atoms with E-state index in [0.29, 0.717) is 5.56 Å². The molecule has 0 aliphatic carbocycles. The fourth-order valence-corrected chi connectivity index (χ4v) is 1.66. The Labute approximate surface area is 97.0 Å². The minimum Gasteiger partial charge on any atom is -0.508 e. The van der Waals surface area contributed by atoms with Gasteiger partial charge in [0.15, 0.2) is 0 Å². The molecule has 0 aliphatic heterocycles. The zero-order valence-electron chi connectivity index (χ0n) is 9.19. The van der Waals surface area contributed by atoms with Gasteiger partial charge in [-0.3, -0.25) is 9.59 Å². The number of hydrogen-bond acceptors (Lipinski definition) is 4. The van der Waals surface area contributed by atoms with Crippen molar-refractivity contribution in [2.45, 2.75) is 13.3 Å². The molecule has 0 fully saturated rings. The topological polar surface area (TPSA) is 79.4 Å². The summed E-state index contributed by atoms with van der Waals surface area (Å²) in [4.78, 5) is 24.9. The van der Waals surface area contributed by atoms with Crippen LogP contribution in [0.2, 0.25) is 0 Å². The van der Waals surface area contributed by atoms with E-state index in [2.05, 4.69) is 9.72 Å². The molecule has 0 amide bonds. The number of aromatic hydroxyl groups is 1. The minimum atomic E-state index is -0.627. The first-order valence-corrected chi connectivity index (χ1v) is 5.06. The van der Waals surface area contributed by atoms with Gasteiger partial charge in [-0.25, -0.2) is 0 Å². The Morgan fingerprint density at radius 3 is 2.88 bits per heavy atom. The maximum Gasteiger partial charge on any atom is 0.317 e. The number of benzene rings is 1. The van der Waals surface area contributed by atoms with Crippen LogP contribution in [0.25, 0.3) is 10.9 Å². The van der Waals surface area contributed by atoms with E-state index in [1.165, 1.54) is 6.92 Å². The normalized spacial score (nSPS) is 10.4. The smallest absolute Gasteiger partial charge is 0.317 e. The Morgan fingerprint density at radius 2 is 2.18 bits per heavy atom. The van der Waals surface area contributed by atoms with Gasteiger partial charge in [0.2, 0.25) is 0 Å². The van der Waals surface area contributed by atoms with Crippen molar-refractivity contribution in [3.05, 3.63) is 30.0 Å². The molecule has 17 heavy (non-hydrogen) atoms. The van der Waals surface area contributed by atoms with E-state index in [1.54, 1.807) is 24.4 Å². The van der Waals surface area contributed by atoms with Crippen LogP contribution in [0.5, 0.6) is 5.75 Å². The van der Waals surface area contributed by atoms with Gasteiger partial charge in [-0.05, 0) is 23.8 Å². The molecule has 5 nitrogen and oxygen atoms in total. The van der Waals surface area contributed by atoms with E-state index in [-0.39, 0.29) is 12.2 Å². The quantitative estimate of drug-likeness (QED) is 0.608. The Hall–Kier alpha value is -2.30. The van der Waals surface area contributed by atoms with Gasteiger partial charge in [0, 0.05) is 24.0 Å². The maximum absolute atomic E-state index is 11.3. The van der Waals surface area contributed by atoms with Gasteiger partial charge in [0.25, 0.3) is 0 Å². The predicted octanol–water partition coefficient (Wildman–Crippen LogP) is 1.51. The average molecular weight is 233 g/mol. The number of H-pyrrole nitrogens is 1. The summed E-state index contributed by atoms with van der Waals surface area (Å²) in [6, 6.07) is 4.82. The van der Waals surface area contributed by atoms with E-state index in [1.807, 2.05) is 0 Å². The molecule has 0 bridgehead atoms. The van der Waals surface area contributed by atoms with Crippen LogP contribution in [0.4, 0.5) is 0 Å². The Balaban J connectivity index is 2.27. The summed E-state index contributed by atoms with van der Waals surface area (Å²) < 4.78 is 4.45. The van der Waals surface area contributed by atoms with Crippen molar-refractivity contribution in [2.24, 2.45) is 0 Å². The van der Waals surface area contributed by atoms with Crippen LogP contribution in [-0.2, 0) is 20.7 Å². The number of nitrogens with one attached hydrogen (secondary N) is 1. The number of rotatable bonds is 2. The van der Waals surface area contributed by atoms with E-state index in [0.717, 1.165) is 10.9 Å². The number of carbonyl (C=O) groups is 2. The second-order valence-corrected chi connectivity index (χ2v) is 3.69. The lowest BCUT2D eigenvalue weighted by atomic mass is 10.1. The number of aromatic nitrogens is 1. The molecule has 5 heteroatoms. The van der Waals surface area contributed by atoms with Crippen LogP contribution < -0.4 is 0 Å². The third kappa shape index (κ3) is 2.44. The molecule has 0 unspecified atom stereocenters. The summed E-state index contributed by atoms with van der Waals surface area (Å²) in [5.41, 5.74) is 1.50. The highest BCUT2D eigenvalue weighted by molar-refractivity contribution is 5.91. The standard InChI is InChI=1S/C12H11NO4/c1-7(14)17-12(16)4-8-6-13-11-3-2-9(15)5-10(8)11/h2-3,5-6,13,15H,4H2,1H3. The van der Waals surface area contributed by atoms with Gasteiger partial charge in [0.1, 0.15) is 5.75 Å². The highest BCUT2D eigenvalue weighted by Gasteiger charge is 2.11. The predicted molar refractivity (Wildman–Crippen MR) is 60.4 cm³/mol. The number of hydrogen-bond donors (Lipinski definition) is 2. The van der Waals surface area contributed by atoms with Crippen molar-refractivity contribution in [1.82, 2.24) is 4.98 Å². The van der Waals surface area contributed by atoms with Crippen molar-refractivity contribution >= 4 is 22.8 Å². The number of carbonyl (C=O) groups excluding carboxylic acids is 2. The first-order chi connectivity index (χ1) is 8.06. The van der Waals surface area contributed by atoms with E-state index in [4.69, 9.17) is 0 Å². The Bertz CT molecular complexity index is 585. The molecule has 2 rings (SSSR count). The summed E-state index contributed by atoms with van der Waals surface area (Å²) in [6.07, 6.45) is 1.65. The van der Waals surface area contributed by atoms with Gasteiger partial charge in [0.05, 0.1) is 6.42 Å². The lowest BCUT2D eigenvalue weighted by Gasteiger charge is -1.99. The summed E-state index contributed by atoms with van der Waals surface area (Å²) in [6.45, 7) is 1.18. The van der Waals surface area contributed by atoms with Gasteiger partial charge in [-0.2, -0.15) is 0 Å². The van der Waals surface area contributed by atoms with Crippen LogP contribution in [0.1, 0.15) is 12.5 Å². The molecule has 0 saturated heterocycles. The van der Waals surface area contributed by atoms with E-state index >= 15 is 0 Å². The van der Waals surface area contributed by atoms with Crippen molar-refractivity contribution < 1.29 is 19.4 Å². The lowest BCUT2D eigenvalue weighted by Crippen LogP contribution is -2.11. The van der Waals surface area contributed by atoms with Gasteiger partial charge >= 0.3 is 11.9 Å². The summed E-state index contributed by atoms with van der Waals surface area (Å²) in [7, 11) is 0. The first kappa shape index (κ1) is 11.2. The van der Waals surface area contributed by atoms with Crippen molar-refractivity contribution in [2.75, 3.05) is 0 Å². The zero-order chi connectivity index (χ0) is 12.4.